The van der Waals surface area contributed by atoms with Gasteiger partial charge in [0.15, 0.2) is 11.5 Å². The zero-order valence-electron chi connectivity index (χ0n) is 28.2. The number of aromatic nitrogens is 1. The summed E-state index contributed by atoms with van der Waals surface area (Å²) in [6, 6.07) is 13.2. The molecule has 1 aromatic heterocycles. The zero-order chi connectivity index (χ0) is 33.5. The Hall–Kier alpha value is -4.47. The van der Waals surface area contributed by atoms with Crippen molar-refractivity contribution in [3.8, 4) is 22.8 Å². The highest BCUT2D eigenvalue weighted by Gasteiger charge is 2.38. The van der Waals surface area contributed by atoms with Crippen molar-refractivity contribution in [2.24, 2.45) is 4.99 Å². The second-order valence-electron chi connectivity index (χ2n) is 14.7. The molecular weight excluding hydrogens is 596 g/mol. The van der Waals surface area contributed by atoms with Gasteiger partial charge in [-0.25, -0.2) is 14.6 Å². The molecule has 0 radical (unpaired) electrons. The third-order valence-electron chi connectivity index (χ3n) is 8.61. The lowest BCUT2D eigenvalue weighted by molar-refractivity contribution is -0.122. The third kappa shape index (κ3) is 7.42. The third-order valence-corrected chi connectivity index (χ3v) is 8.61. The summed E-state index contributed by atoms with van der Waals surface area (Å²) >= 11 is 0. The topological polar surface area (TPSA) is 115 Å². The molecule has 0 N–H and O–H groups in total. The number of oxazole rings is 1. The van der Waals surface area contributed by atoms with Gasteiger partial charge in [0.25, 0.3) is 0 Å². The number of amides is 2. The summed E-state index contributed by atoms with van der Waals surface area (Å²) in [5, 5.41) is 0. The second kappa shape index (κ2) is 12.6. The number of carbonyl (C=O) groups excluding carboxylic acids is 3. The fourth-order valence-corrected chi connectivity index (χ4v) is 6.47. The van der Waals surface area contributed by atoms with Crippen LogP contribution in [0.2, 0.25) is 0 Å². The number of aliphatic imine (C=N–C) groups is 1. The van der Waals surface area contributed by atoms with Crippen LogP contribution in [0.15, 0.2) is 58.1 Å². The lowest BCUT2D eigenvalue weighted by atomic mass is 10.0. The maximum absolute atomic E-state index is 13.2. The Morgan fingerprint density at radius 3 is 2.19 bits per heavy atom. The van der Waals surface area contributed by atoms with Crippen molar-refractivity contribution in [3.63, 3.8) is 0 Å². The number of hydrogen-bond acceptors (Lipinski definition) is 8. The average molecular weight is 641 g/mol. The molecule has 10 nitrogen and oxygen atoms in total. The van der Waals surface area contributed by atoms with Crippen LogP contribution in [0.3, 0.4) is 0 Å². The van der Waals surface area contributed by atoms with Gasteiger partial charge >= 0.3 is 12.2 Å². The van der Waals surface area contributed by atoms with Gasteiger partial charge in [-0.3, -0.25) is 19.6 Å². The highest BCUT2D eigenvalue weighted by atomic mass is 16.6. The normalized spacial score (nSPS) is 19.5. The predicted octanol–water partition coefficient (Wildman–Crippen LogP) is 7.55. The van der Waals surface area contributed by atoms with E-state index in [0.29, 0.717) is 37.6 Å². The molecule has 3 aromatic rings. The van der Waals surface area contributed by atoms with Crippen LogP contribution in [0.4, 0.5) is 15.3 Å². The van der Waals surface area contributed by atoms with Crippen molar-refractivity contribution < 1.29 is 28.3 Å². The molecule has 6 rings (SSSR count). The summed E-state index contributed by atoms with van der Waals surface area (Å²) in [5.41, 5.74) is 4.38. The first-order valence-corrected chi connectivity index (χ1v) is 16.5. The van der Waals surface area contributed by atoms with E-state index >= 15 is 0 Å². The van der Waals surface area contributed by atoms with Crippen LogP contribution in [-0.4, -0.2) is 74.8 Å². The fraction of sp³-hybridized carbons (Fsp3) is 0.486. The molecule has 0 unspecified atom stereocenters. The van der Waals surface area contributed by atoms with Gasteiger partial charge in [0.2, 0.25) is 5.89 Å². The zero-order valence-corrected chi connectivity index (χ0v) is 28.2. The highest BCUT2D eigenvalue weighted by molar-refractivity contribution is 6.00. The van der Waals surface area contributed by atoms with Gasteiger partial charge in [0, 0.05) is 42.8 Å². The van der Waals surface area contributed by atoms with Gasteiger partial charge in [-0.1, -0.05) is 24.3 Å². The number of benzene rings is 2. The summed E-state index contributed by atoms with van der Waals surface area (Å²) in [6.07, 6.45) is 5.16. The lowest BCUT2D eigenvalue weighted by Gasteiger charge is -2.28. The Bertz CT molecular complexity index is 1690. The van der Waals surface area contributed by atoms with E-state index in [2.05, 4.69) is 11.1 Å². The first-order chi connectivity index (χ1) is 22.2. The maximum atomic E-state index is 13.2. The molecule has 4 heterocycles. The lowest BCUT2D eigenvalue weighted by Crippen LogP contribution is -2.43. The minimum absolute atomic E-state index is 0.00687. The van der Waals surface area contributed by atoms with E-state index in [1.807, 2.05) is 82.8 Å². The van der Waals surface area contributed by atoms with Crippen molar-refractivity contribution in [1.82, 2.24) is 14.8 Å². The predicted molar refractivity (Wildman–Crippen MR) is 179 cm³/mol. The van der Waals surface area contributed by atoms with Crippen LogP contribution in [0.25, 0.3) is 22.8 Å². The van der Waals surface area contributed by atoms with E-state index in [4.69, 9.17) is 18.9 Å². The summed E-state index contributed by atoms with van der Waals surface area (Å²) < 4.78 is 17.3. The first-order valence-electron chi connectivity index (χ1n) is 16.5. The number of likely N-dealkylation sites (tertiary alicyclic amines) is 2. The van der Waals surface area contributed by atoms with Crippen molar-refractivity contribution in [2.75, 3.05) is 13.1 Å². The van der Waals surface area contributed by atoms with Gasteiger partial charge in [-0.05, 0) is 96.6 Å². The SMILES string of the molecule is CC(C)(C)OC(=O)N1CCC[C@H]1C(=O)Cc1ccc(-c2ncc(-c3ccc4c(c3)N=C([C@@H]3CCCN3C(=O)OC(C)(C)C)C4)o2)cc1. The van der Waals surface area contributed by atoms with Crippen LogP contribution < -0.4 is 0 Å². The Morgan fingerprint density at radius 2 is 1.49 bits per heavy atom. The molecule has 0 aliphatic carbocycles. The summed E-state index contributed by atoms with van der Waals surface area (Å²) in [7, 11) is 0. The molecule has 2 amide bonds. The average Bonchev–Trinajstić information content (AvgIpc) is 3.81. The summed E-state index contributed by atoms with van der Waals surface area (Å²) in [4.78, 5) is 51.5. The van der Waals surface area contributed by atoms with Gasteiger partial charge in [-0.15, -0.1) is 0 Å². The number of hydrogen-bond donors (Lipinski definition) is 0. The molecule has 2 saturated heterocycles. The van der Waals surface area contributed by atoms with Crippen LogP contribution in [0, 0.1) is 0 Å². The van der Waals surface area contributed by atoms with E-state index in [0.717, 1.165) is 52.9 Å². The first kappa shape index (κ1) is 32.5. The molecule has 0 spiro atoms. The van der Waals surface area contributed by atoms with Gasteiger partial charge in [-0.2, -0.15) is 0 Å². The number of ketones is 1. The molecule has 2 atom stereocenters. The van der Waals surface area contributed by atoms with Gasteiger partial charge < -0.3 is 13.9 Å². The van der Waals surface area contributed by atoms with Crippen molar-refractivity contribution >= 4 is 29.4 Å². The van der Waals surface area contributed by atoms with Crippen molar-refractivity contribution in [2.45, 2.75) is 103 Å². The van der Waals surface area contributed by atoms with Crippen LogP contribution in [-0.2, 0) is 27.1 Å². The molecule has 10 heteroatoms. The second-order valence-corrected chi connectivity index (χ2v) is 14.7. The number of nitrogens with zero attached hydrogens (tertiary/aromatic N) is 4. The Kier molecular flexibility index (Phi) is 8.72. The molecule has 0 bridgehead atoms. The number of ether oxygens (including phenoxy) is 2. The van der Waals surface area contributed by atoms with Crippen molar-refractivity contribution in [3.05, 3.63) is 59.8 Å². The number of Topliss-reactive ketones (excluding diaryl/α,β-unsaturated/α-hetero) is 1. The summed E-state index contributed by atoms with van der Waals surface area (Å²) in [6.45, 7) is 12.3. The molecule has 0 saturated carbocycles. The molecule has 3 aliphatic heterocycles. The van der Waals surface area contributed by atoms with E-state index in [-0.39, 0.29) is 24.3 Å². The van der Waals surface area contributed by atoms with E-state index < -0.39 is 23.3 Å². The highest BCUT2D eigenvalue weighted by Crippen LogP contribution is 2.36. The quantitative estimate of drug-likeness (QED) is 0.273. The molecule has 2 fully saturated rings. The van der Waals surface area contributed by atoms with Crippen molar-refractivity contribution in [1.29, 1.82) is 0 Å². The minimum atomic E-state index is -0.608. The van der Waals surface area contributed by atoms with E-state index in [1.165, 1.54) is 0 Å². The Morgan fingerprint density at radius 1 is 0.851 bits per heavy atom. The molecule has 2 aromatic carbocycles. The Balaban J connectivity index is 1.10. The van der Waals surface area contributed by atoms with Gasteiger partial charge in [0.1, 0.15) is 11.2 Å². The molecule has 47 heavy (non-hydrogen) atoms. The summed E-state index contributed by atoms with van der Waals surface area (Å²) in [5.74, 6) is 1.12. The van der Waals surface area contributed by atoms with Gasteiger partial charge in [0.05, 0.1) is 24.0 Å². The largest absolute Gasteiger partial charge is 0.444 e. The van der Waals surface area contributed by atoms with Crippen LogP contribution >= 0.6 is 0 Å². The maximum Gasteiger partial charge on any atom is 0.410 e. The number of carbonyl (C=O) groups is 3. The molecule has 3 aliphatic rings. The minimum Gasteiger partial charge on any atom is -0.444 e. The van der Waals surface area contributed by atoms with Crippen LogP contribution in [0.5, 0.6) is 0 Å². The number of fused-ring (bicyclic) bond motifs is 1. The standard InChI is InChI=1S/C37H44N4O6/c1-36(2,3)46-34(43)40-17-7-9-29(40)28-20-25-15-16-26(21-27(25)39-28)32-22-38-33(45-32)24-13-11-23(12-14-24)19-31(42)30-10-8-18-41(30)35(44)47-37(4,5)6/h11-16,21-22,29-30H,7-10,17-20H2,1-6H3/t29-,30-/m0/s1. The number of rotatable bonds is 6. The molecule has 248 valence electrons. The monoisotopic (exact) mass is 640 g/mol. The smallest absolute Gasteiger partial charge is 0.410 e. The van der Waals surface area contributed by atoms with Crippen LogP contribution in [0.1, 0.15) is 78.4 Å². The Labute approximate surface area is 276 Å². The molecular formula is C37H44N4O6. The van der Waals surface area contributed by atoms with E-state index in [1.54, 1.807) is 11.1 Å². The van der Waals surface area contributed by atoms with E-state index in [9.17, 15) is 14.4 Å². The fourth-order valence-electron chi connectivity index (χ4n) is 6.47.